The molecule has 2 atom stereocenters. The zero-order valence-corrected chi connectivity index (χ0v) is 12.6. The van der Waals surface area contributed by atoms with E-state index < -0.39 is 0 Å². The van der Waals surface area contributed by atoms with Crippen molar-refractivity contribution >= 4 is 11.7 Å². The summed E-state index contributed by atoms with van der Waals surface area (Å²) in [6, 6.07) is 8.32. The predicted octanol–water partition coefficient (Wildman–Crippen LogP) is 3.33. The van der Waals surface area contributed by atoms with Crippen molar-refractivity contribution in [2.75, 3.05) is 11.9 Å². The van der Waals surface area contributed by atoms with Crippen molar-refractivity contribution in [3.63, 3.8) is 0 Å². The molecule has 0 aromatic heterocycles. The molecule has 114 valence electrons. The molecule has 1 heterocycles. The first-order valence-electron chi connectivity index (χ1n) is 8.14. The van der Waals surface area contributed by atoms with Crippen LogP contribution in [0.25, 0.3) is 0 Å². The molecule has 2 aliphatic rings. The lowest BCUT2D eigenvalue weighted by molar-refractivity contribution is 0.0909. The van der Waals surface area contributed by atoms with Gasteiger partial charge in [-0.1, -0.05) is 25.0 Å². The maximum Gasteiger partial charge on any atom is 0.322 e. The molecule has 2 unspecified atom stereocenters. The SMILES string of the molecule is NCc1cccc(NC(=O)N2CCCC3CCCCC32)c1. The molecule has 0 spiro atoms. The summed E-state index contributed by atoms with van der Waals surface area (Å²) in [7, 11) is 0. The van der Waals surface area contributed by atoms with Gasteiger partial charge in [0.25, 0.3) is 0 Å². The number of nitrogens with one attached hydrogen (secondary N) is 1. The number of rotatable bonds is 2. The van der Waals surface area contributed by atoms with E-state index >= 15 is 0 Å². The average Bonchev–Trinajstić information content (AvgIpc) is 2.54. The number of hydrogen-bond donors (Lipinski definition) is 2. The van der Waals surface area contributed by atoms with Crippen molar-refractivity contribution in [3.8, 4) is 0 Å². The Morgan fingerprint density at radius 2 is 2.05 bits per heavy atom. The van der Waals surface area contributed by atoms with Crippen molar-refractivity contribution in [2.24, 2.45) is 11.7 Å². The van der Waals surface area contributed by atoms with Crippen molar-refractivity contribution in [2.45, 2.75) is 51.1 Å². The van der Waals surface area contributed by atoms with Crippen LogP contribution in [0.15, 0.2) is 24.3 Å². The summed E-state index contributed by atoms with van der Waals surface area (Å²) < 4.78 is 0. The van der Waals surface area contributed by atoms with Gasteiger partial charge in [0.1, 0.15) is 0 Å². The molecule has 2 amide bonds. The Balaban J connectivity index is 1.68. The van der Waals surface area contributed by atoms with Crippen molar-refractivity contribution in [1.82, 2.24) is 4.90 Å². The molecule has 21 heavy (non-hydrogen) atoms. The summed E-state index contributed by atoms with van der Waals surface area (Å²) >= 11 is 0. The highest BCUT2D eigenvalue weighted by Gasteiger charge is 2.35. The van der Waals surface area contributed by atoms with E-state index in [1.54, 1.807) is 0 Å². The molecular weight excluding hydrogens is 262 g/mol. The molecule has 4 nitrogen and oxygen atoms in total. The number of piperidine rings is 1. The van der Waals surface area contributed by atoms with Crippen molar-refractivity contribution in [1.29, 1.82) is 0 Å². The molecule has 3 rings (SSSR count). The molecule has 4 heteroatoms. The first kappa shape index (κ1) is 14.4. The second-order valence-electron chi connectivity index (χ2n) is 6.28. The van der Waals surface area contributed by atoms with Crippen LogP contribution in [0.3, 0.4) is 0 Å². The fraction of sp³-hybridized carbons (Fsp3) is 0.588. The van der Waals surface area contributed by atoms with Crippen LogP contribution in [0.2, 0.25) is 0 Å². The van der Waals surface area contributed by atoms with Gasteiger partial charge in [-0.05, 0) is 49.3 Å². The molecule has 0 bridgehead atoms. The zero-order chi connectivity index (χ0) is 14.7. The van der Waals surface area contributed by atoms with Crippen molar-refractivity contribution in [3.05, 3.63) is 29.8 Å². The summed E-state index contributed by atoms with van der Waals surface area (Å²) in [5.74, 6) is 0.716. The molecule has 1 aliphatic carbocycles. The van der Waals surface area contributed by atoms with Gasteiger partial charge in [0.05, 0.1) is 0 Å². The smallest absolute Gasteiger partial charge is 0.322 e. The van der Waals surface area contributed by atoms with Crippen molar-refractivity contribution < 1.29 is 4.79 Å². The number of nitrogens with two attached hydrogens (primary N) is 1. The minimum Gasteiger partial charge on any atom is -0.326 e. The topological polar surface area (TPSA) is 58.4 Å². The molecular formula is C17H25N3O. The van der Waals surface area contributed by atoms with E-state index in [0.29, 0.717) is 18.5 Å². The first-order valence-corrected chi connectivity index (χ1v) is 8.14. The molecule has 1 aromatic rings. The number of likely N-dealkylation sites (tertiary alicyclic amines) is 1. The van der Waals surface area contributed by atoms with Gasteiger partial charge in [-0.2, -0.15) is 0 Å². The Labute approximate surface area is 126 Å². The second kappa shape index (κ2) is 6.48. The van der Waals surface area contributed by atoms with Crippen LogP contribution >= 0.6 is 0 Å². The van der Waals surface area contributed by atoms with E-state index in [0.717, 1.165) is 24.2 Å². The molecule has 1 aromatic carbocycles. The lowest BCUT2D eigenvalue weighted by atomic mass is 9.78. The highest BCUT2D eigenvalue weighted by molar-refractivity contribution is 5.89. The van der Waals surface area contributed by atoms with Gasteiger partial charge in [0, 0.05) is 24.8 Å². The van der Waals surface area contributed by atoms with Crippen LogP contribution in [-0.4, -0.2) is 23.5 Å². The van der Waals surface area contributed by atoms with Gasteiger partial charge in [-0.3, -0.25) is 0 Å². The fourth-order valence-electron chi connectivity index (χ4n) is 3.85. The van der Waals surface area contributed by atoms with Gasteiger partial charge < -0.3 is 16.0 Å². The molecule has 1 aliphatic heterocycles. The number of nitrogens with zero attached hydrogens (tertiary/aromatic N) is 1. The van der Waals surface area contributed by atoms with Gasteiger partial charge in [0.15, 0.2) is 0 Å². The summed E-state index contributed by atoms with van der Waals surface area (Å²) in [5, 5.41) is 3.05. The standard InChI is InChI=1S/C17H25N3O/c18-12-13-5-3-8-15(11-13)19-17(21)20-10-4-7-14-6-1-2-9-16(14)20/h3,5,8,11,14,16H,1-2,4,6-7,9-10,12,18H2,(H,19,21). The Kier molecular flexibility index (Phi) is 4.44. The molecule has 0 radical (unpaired) electrons. The highest BCUT2D eigenvalue weighted by atomic mass is 16.2. The second-order valence-corrected chi connectivity index (χ2v) is 6.28. The Morgan fingerprint density at radius 1 is 1.24 bits per heavy atom. The summed E-state index contributed by atoms with van der Waals surface area (Å²) in [6.07, 6.45) is 7.47. The minimum absolute atomic E-state index is 0.0563. The first-order chi connectivity index (χ1) is 10.3. The molecule has 3 N–H and O–H groups in total. The van der Waals surface area contributed by atoms with Gasteiger partial charge in [-0.25, -0.2) is 4.79 Å². The number of hydrogen-bond acceptors (Lipinski definition) is 2. The van der Waals surface area contributed by atoms with E-state index in [1.165, 1.54) is 32.1 Å². The van der Waals surface area contributed by atoms with Gasteiger partial charge in [0.2, 0.25) is 0 Å². The molecule has 2 fully saturated rings. The number of amides is 2. The van der Waals surface area contributed by atoms with E-state index in [4.69, 9.17) is 5.73 Å². The normalized spacial score (nSPS) is 25.3. The fourth-order valence-corrected chi connectivity index (χ4v) is 3.85. The lowest BCUT2D eigenvalue weighted by Crippen LogP contribution is -2.51. The largest absolute Gasteiger partial charge is 0.326 e. The monoisotopic (exact) mass is 287 g/mol. The summed E-state index contributed by atoms with van der Waals surface area (Å²) in [6.45, 7) is 1.39. The van der Waals surface area contributed by atoms with Gasteiger partial charge >= 0.3 is 6.03 Å². The summed E-state index contributed by atoms with van der Waals surface area (Å²) in [4.78, 5) is 14.7. The van der Waals surface area contributed by atoms with Crippen LogP contribution in [0.4, 0.5) is 10.5 Å². The van der Waals surface area contributed by atoms with E-state index in [9.17, 15) is 4.79 Å². The number of benzene rings is 1. The molecule has 1 saturated heterocycles. The number of fused-ring (bicyclic) bond motifs is 1. The summed E-state index contributed by atoms with van der Waals surface area (Å²) in [5.41, 5.74) is 7.55. The van der Waals surface area contributed by atoms with Gasteiger partial charge in [-0.15, -0.1) is 0 Å². The maximum absolute atomic E-state index is 12.6. The third kappa shape index (κ3) is 3.21. The Bertz CT molecular complexity index is 501. The minimum atomic E-state index is 0.0563. The zero-order valence-electron chi connectivity index (χ0n) is 12.6. The number of anilines is 1. The number of carbonyl (C=O) groups excluding carboxylic acids is 1. The Hall–Kier alpha value is -1.55. The van der Waals surface area contributed by atoms with E-state index in [-0.39, 0.29) is 6.03 Å². The number of carbonyl (C=O) groups is 1. The lowest BCUT2D eigenvalue weighted by Gasteiger charge is -2.44. The van der Waals surface area contributed by atoms with E-state index in [2.05, 4.69) is 10.2 Å². The Morgan fingerprint density at radius 3 is 2.90 bits per heavy atom. The van der Waals surface area contributed by atoms with E-state index in [1.807, 2.05) is 24.3 Å². The van der Waals surface area contributed by atoms with Crippen LogP contribution in [0.5, 0.6) is 0 Å². The van der Waals surface area contributed by atoms with Crippen LogP contribution in [-0.2, 0) is 6.54 Å². The average molecular weight is 287 g/mol. The third-order valence-electron chi connectivity index (χ3n) is 4.92. The quantitative estimate of drug-likeness (QED) is 0.876. The van der Waals surface area contributed by atoms with Crippen LogP contribution in [0.1, 0.15) is 44.1 Å². The third-order valence-corrected chi connectivity index (χ3v) is 4.92. The molecule has 1 saturated carbocycles. The van der Waals surface area contributed by atoms with Crippen LogP contribution < -0.4 is 11.1 Å². The number of urea groups is 1. The maximum atomic E-state index is 12.6. The van der Waals surface area contributed by atoms with Crippen LogP contribution in [0, 0.1) is 5.92 Å². The highest BCUT2D eigenvalue weighted by Crippen LogP contribution is 2.35. The predicted molar refractivity (Wildman–Crippen MR) is 85.0 cm³/mol.